The van der Waals surface area contributed by atoms with Crippen molar-refractivity contribution < 1.29 is 19.4 Å². The Morgan fingerprint density at radius 2 is 1.89 bits per heavy atom. The summed E-state index contributed by atoms with van der Waals surface area (Å²) in [5, 5.41) is 10.5. The largest absolute Gasteiger partial charge is 0.491 e. The third-order valence-electron chi connectivity index (χ3n) is 9.00. The van der Waals surface area contributed by atoms with E-state index in [0.29, 0.717) is 19.1 Å². The summed E-state index contributed by atoms with van der Waals surface area (Å²) in [6, 6.07) is 15.0. The average Bonchev–Trinajstić information content (AvgIpc) is 3.66. The predicted octanol–water partition coefficient (Wildman–Crippen LogP) is 5.22. The van der Waals surface area contributed by atoms with Crippen LogP contribution in [0.5, 0.6) is 5.75 Å². The van der Waals surface area contributed by atoms with Gasteiger partial charge in [-0.3, -0.25) is 4.90 Å². The van der Waals surface area contributed by atoms with Crippen molar-refractivity contribution in [3.63, 3.8) is 0 Å². The second kappa shape index (κ2) is 9.14. The van der Waals surface area contributed by atoms with Gasteiger partial charge in [0.2, 0.25) is 0 Å². The number of fused-ring (bicyclic) bond motifs is 4. The monoisotopic (exact) mass is 476 g/mol. The van der Waals surface area contributed by atoms with Crippen molar-refractivity contribution in [1.82, 2.24) is 9.80 Å². The second-order valence-corrected chi connectivity index (χ2v) is 10.9. The van der Waals surface area contributed by atoms with E-state index in [0.717, 1.165) is 75.0 Å². The highest BCUT2D eigenvalue weighted by Crippen LogP contribution is 2.63. The van der Waals surface area contributed by atoms with E-state index in [-0.39, 0.29) is 17.5 Å². The van der Waals surface area contributed by atoms with Crippen LogP contribution in [0.1, 0.15) is 49.3 Å². The number of methoxy groups -OCH3 is 1. The quantitative estimate of drug-likeness (QED) is 0.555. The Morgan fingerprint density at radius 1 is 1.09 bits per heavy atom. The standard InChI is InChI=1S/C29H36N2O4/c1-34-15-16-35-24-4-2-3-21(18-24)22-5-6-25-23(17-22)7-10-29(11-12-29)27(25)31(28(32)33)26-19-30-13-8-20(26)9-14-30/h2-6,17-18,20,26-27H,7-16,19H2,1H3,(H,32,33)/t26-,27?/m1/s1. The Balaban J connectivity index is 1.32. The van der Waals surface area contributed by atoms with Gasteiger partial charge in [0.1, 0.15) is 12.4 Å². The molecule has 3 aliphatic heterocycles. The fraction of sp³-hybridized carbons (Fsp3) is 0.552. The molecule has 6 nitrogen and oxygen atoms in total. The van der Waals surface area contributed by atoms with Crippen molar-refractivity contribution in [2.45, 2.75) is 50.6 Å². The van der Waals surface area contributed by atoms with E-state index >= 15 is 0 Å². The first-order chi connectivity index (χ1) is 17.1. The highest BCUT2D eigenvalue weighted by atomic mass is 16.5. The number of rotatable bonds is 7. The molecule has 2 atom stereocenters. The zero-order valence-corrected chi connectivity index (χ0v) is 20.6. The van der Waals surface area contributed by atoms with Crippen LogP contribution in [-0.4, -0.2) is 67.0 Å². The minimum atomic E-state index is -0.738. The summed E-state index contributed by atoms with van der Waals surface area (Å²) in [6.07, 6.45) is 5.91. The van der Waals surface area contributed by atoms with Gasteiger partial charge in [-0.2, -0.15) is 0 Å². The van der Waals surface area contributed by atoms with Crippen molar-refractivity contribution in [2.24, 2.45) is 11.3 Å². The molecule has 2 aliphatic carbocycles. The number of amides is 1. The van der Waals surface area contributed by atoms with Crippen LogP contribution in [0.2, 0.25) is 0 Å². The summed E-state index contributed by atoms with van der Waals surface area (Å²) in [5.74, 6) is 1.34. The molecule has 6 heteroatoms. The molecule has 7 rings (SSSR count). The highest BCUT2D eigenvalue weighted by Gasteiger charge is 2.57. The van der Waals surface area contributed by atoms with Crippen LogP contribution in [0.4, 0.5) is 4.79 Å². The fourth-order valence-electron chi connectivity index (χ4n) is 6.95. The number of benzene rings is 2. The molecule has 1 spiro atoms. The number of nitrogens with zero attached hydrogens (tertiary/aromatic N) is 2. The molecule has 35 heavy (non-hydrogen) atoms. The lowest BCUT2D eigenvalue weighted by atomic mass is 9.73. The Labute approximate surface area is 207 Å². The van der Waals surface area contributed by atoms with Gasteiger partial charge >= 0.3 is 6.09 Å². The molecule has 1 saturated carbocycles. The molecule has 1 N–H and O–H groups in total. The molecular weight excluding hydrogens is 440 g/mol. The van der Waals surface area contributed by atoms with Crippen molar-refractivity contribution >= 4 is 6.09 Å². The van der Waals surface area contributed by atoms with Crippen LogP contribution in [0, 0.1) is 11.3 Å². The van der Waals surface area contributed by atoms with Gasteiger partial charge in [-0.25, -0.2) is 4.79 Å². The Hall–Kier alpha value is -2.57. The van der Waals surface area contributed by atoms with Crippen molar-refractivity contribution in [1.29, 1.82) is 0 Å². The van der Waals surface area contributed by atoms with E-state index in [4.69, 9.17) is 9.47 Å². The summed E-state index contributed by atoms with van der Waals surface area (Å²) < 4.78 is 10.9. The minimum Gasteiger partial charge on any atom is -0.491 e. The topological polar surface area (TPSA) is 62.2 Å². The number of carboxylic acid groups (broad SMARTS) is 1. The molecule has 5 aliphatic rings. The van der Waals surface area contributed by atoms with E-state index in [1.807, 2.05) is 17.0 Å². The summed E-state index contributed by atoms with van der Waals surface area (Å²) in [4.78, 5) is 17.2. The van der Waals surface area contributed by atoms with E-state index < -0.39 is 6.09 Å². The van der Waals surface area contributed by atoms with Gasteiger partial charge in [0.15, 0.2) is 0 Å². The number of piperidine rings is 3. The van der Waals surface area contributed by atoms with Gasteiger partial charge in [0, 0.05) is 13.7 Å². The Morgan fingerprint density at radius 3 is 2.57 bits per heavy atom. The molecule has 2 aromatic carbocycles. The molecule has 1 amide bonds. The van der Waals surface area contributed by atoms with Gasteiger partial charge in [-0.05, 0) is 97.3 Å². The summed E-state index contributed by atoms with van der Waals surface area (Å²) in [5.41, 5.74) is 4.97. The van der Waals surface area contributed by atoms with Gasteiger partial charge in [-0.15, -0.1) is 0 Å². The first-order valence-electron chi connectivity index (χ1n) is 13.2. The number of hydrogen-bond donors (Lipinski definition) is 1. The van der Waals surface area contributed by atoms with Crippen molar-refractivity contribution in [3.05, 3.63) is 53.6 Å². The maximum Gasteiger partial charge on any atom is 0.408 e. The molecule has 4 fully saturated rings. The normalized spacial score (nSPS) is 27.9. The first kappa shape index (κ1) is 22.9. The summed E-state index contributed by atoms with van der Waals surface area (Å²) in [6.45, 7) is 4.23. The van der Waals surface area contributed by atoms with Crippen LogP contribution < -0.4 is 4.74 Å². The maximum absolute atomic E-state index is 12.8. The third-order valence-corrected chi connectivity index (χ3v) is 9.00. The third kappa shape index (κ3) is 4.21. The predicted molar refractivity (Wildman–Crippen MR) is 135 cm³/mol. The van der Waals surface area contributed by atoms with E-state index in [1.54, 1.807) is 7.11 Å². The van der Waals surface area contributed by atoms with E-state index in [2.05, 4.69) is 35.2 Å². The minimum absolute atomic E-state index is 0.0212. The zero-order chi connectivity index (χ0) is 24.0. The number of ether oxygens (including phenoxy) is 2. The van der Waals surface area contributed by atoms with Crippen LogP contribution in [0.25, 0.3) is 11.1 Å². The average molecular weight is 477 g/mol. The molecule has 3 saturated heterocycles. The van der Waals surface area contributed by atoms with Crippen LogP contribution >= 0.6 is 0 Å². The highest BCUT2D eigenvalue weighted by molar-refractivity contribution is 5.69. The van der Waals surface area contributed by atoms with Crippen molar-refractivity contribution in [2.75, 3.05) is 40.0 Å². The molecule has 2 bridgehead atoms. The summed E-state index contributed by atoms with van der Waals surface area (Å²) in [7, 11) is 1.67. The zero-order valence-electron chi connectivity index (χ0n) is 20.6. The van der Waals surface area contributed by atoms with Gasteiger partial charge in [0.05, 0.1) is 18.7 Å². The lowest BCUT2D eigenvalue weighted by Crippen LogP contribution is -2.60. The number of aryl methyl sites for hydroxylation is 1. The molecule has 0 radical (unpaired) electrons. The number of hydrogen-bond acceptors (Lipinski definition) is 4. The molecule has 0 aromatic heterocycles. The Kier molecular flexibility index (Phi) is 5.97. The lowest BCUT2D eigenvalue weighted by molar-refractivity contribution is -0.0243. The first-order valence-corrected chi connectivity index (χ1v) is 13.2. The van der Waals surface area contributed by atoms with Crippen LogP contribution in [0.3, 0.4) is 0 Å². The van der Waals surface area contributed by atoms with Gasteiger partial charge in [-0.1, -0.05) is 30.3 Å². The number of carbonyl (C=O) groups is 1. The second-order valence-electron chi connectivity index (χ2n) is 10.9. The van der Waals surface area contributed by atoms with Gasteiger partial charge < -0.3 is 19.5 Å². The molecule has 2 aromatic rings. The summed E-state index contributed by atoms with van der Waals surface area (Å²) >= 11 is 0. The van der Waals surface area contributed by atoms with Crippen LogP contribution in [0.15, 0.2) is 42.5 Å². The Bertz CT molecular complexity index is 1090. The lowest BCUT2D eigenvalue weighted by Gasteiger charge is -2.52. The fourth-order valence-corrected chi connectivity index (χ4v) is 6.95. The van der Waals surface area contributed by atoms with E-state index in [9.17, 15) is 9.90 Å². The SMILES string of the molecule is COCCOc1cccc(-c2ccc3c(c2)CCC2(CC2)C3N(C(=O)O)[C@@H]2CN3CCC2CC3)c1. The van der Waals surface area contributed by atoms with Crippen LogP contribution in [-0.2, 0) is 11.2 Å². The van der Waals surface area contributed by atoms with Gasteiger partial charge in [0.25, 0.3) is 0 Å². The van der Waals surface area contributed by atoms with Crippen molar-refractivity contribution in [3.8, 4) is 16.9 Å². The molecule has 1 unspecified atom stereocenters. The smallest absolute Gasteiger partial charge is 0.408 e. The molecule has 3 heterocycles. The molecule has 186 valence electrons. The van der Waals surface area contributed by atoms with E-state index in [1.165, 1.54) is 11.1 Å². The molecular formula is C29H36N2O4. The maximum atomic E-state index is 12.8.